The van der Waals surface area contributed by atoms with Crippen LogP contribution in [0.1, 0.15) is 36.7 Å². The molecule has 0 saturated heterocycles. The number of carbonyl (C=O) groups excluding carboxylic acids is 2. The zero-order valence-electron chi connectivity index (χ0n) is 18.1. The van der Waals surface area contributed by atoms with Crippen molar-refractivity contribution in [1.29, 1.82) is 0 Å². The SMILES string of the molecule is CCOc1ccc(/C=C/C(=O)OCC(=O)c2c(N)n(CC(C)C)c(=O)n(C)c2=O)cc1. The quantitative estimate of drug-likeness (QED) is 0.365. The molecule has 0 bridgehead atoms. The molecule has 0 fully saturated rings. The molecule has 0 amide bonds. The second-order valence-corrected chi connectivity index (χ2v) is 7.28. The monoisotopic (exact) mass is 429 g/mol. The van der Waals surface area contributed by atoms with Crippen LogP contribution in [0.4, 0.5) is 5.82 Å². The van der Waals surface area contributed by atoms with E-state index in [9.17, 15) is 19.2 Å². The average molecular weight is 429 g/mol. The van der Waals surface area contributed by atoms with Crippen LogP contribution in [0.2, 0.25) is 0 Å². The first-order valence-corrected chi connectivity index (χ1v) is 9.85. The molecular weight excluding hydrogens is 402 g/mol. The van der Waals surface area contributed by atoms with E-state index in [2.05, 4.69) is 0 Å². The number of aromatic nitrogens is 2. The van der Waals surface area contributed by atoms with Gasteiger partial charge in [0, 0.05) is 19.7 Å². The lowest BCUT2D eigenvalue weighted by Crippen LogP contribution is -2.43. The van der Waals surface area contributed by atoms with Gasteiger partial charge < -0.3 is 15.2 Å². The number of nitrogens with zero attached hydrogens (tertiary/aromatic N) is 2. The van der Waals surface area contributed by atoms with Crippen LogP contribution < -0.4 is 21.7 Å². The van der Waals surface area contributed by atoms with Crippen LogP contribution >= 0.6 is 0 Å². The van der Waals surface area contributed by atoms with E-state index in [0.29, 0.717) is 12.4 Å². The number of hydrogen-bond acceptors (Lipinski definition) is 7. The zero-order valence-corrected chi connectivity index (χ0v) is 18.1. The third kappa shape index (κ3) is 5.94. The number of anilines is 1. The molecule has 1 aromatic heterocycles. The first kappa shape index (κ1) is 23.7. The zero-order chi connectivity index (χ0) is 23.1. The van der Waals surface area contributed by atoms with Crippen LogP contribution in [0.25, 0.3) is 6.08 Å². The number of hydrogen-bond donors (Lipinski definition) is 1. The van der Waals surface area contributed by atoms with Gasteiger partial charge in [0.1, 0.15) is 17.1 Å². The summed E-state index contributed by atoms with van der Waals surface area (Å²) in [5, 5.41) is 0. The van der Waals surface area contributed by atoms with Crippen molar-refractivity contribution < 1.29 is 19.1 Å². The molecule has 0 aliphatic heterocycles. The number of nitrogen functional groups attached to an aromatic ring is 1. The van der Waals surface area contributed by atoms with Gasteiger partial charge in [0.2, 0.25) is 5.78 Å². The van der Waals surface area contributed by atoms with E-state index in [-0.39, 0.29) is 23.8 Å². The Labute approximate surface area is 179 Å². The number of ketones is 1. The minimum absolute atomic E-state index is 0.0611. The highest BCUT2D eigenvalue weighted by molar-refractivity contribution is 6.01. The Morgan fingerprint density at radius 2 is 1.81 bits per heavy atom. The Balaban J connectivity index is 2.11. The highest BCUT2D eigenvalue weighted by Crippen LogP contribution is 2.13. The lowest BCUT2D eigenvalue weighted by atomic mass is 10.1. The lowest BCUT2D eigenvalue weighted by Gasteiger charge is -2.16. The molecule has 31 heavy (non-hydrogen) atoms. The summed E-state index contributed by atoms with van der Waals surface area (Å²) in [6, 6.07) is 7.07. The molecule has 9 heteroatoms. The van der Waals surface area contributed by atoms with Crippen molar-refractivity contribution in [3.05, 3.63) is 62.3 Å². The maximum absolute atomic E-state index is 12.5. The molecule has 0 saturated carbocycles. The van der Waals surface area contributed by atoms with Crippen LogP contribution in [-0.2, 0) is 23.1 Å². The van der Waals surface area contributed by atoms with Gasteiger partial charge in [-0.1, -0.05) is 26.0 Å². The molecular formula is C22H27N3O6. The van der Waals surface area contributed by atoms with E-state index in [1.807, 2.05) is 20.8 Å². The molecule has 2 aromatic rings. The molecule has 1 aromatic carbocycles. The van der Waals surface area contributed by atoms with Gasteiger partial charge >= 0.3 is 11.7 Å². The fourth-order valence-corrected chi connectivity index (χ4v) is 2.85. The summed E-state index contributed by atoms with van der Waals surface area (Å²) in [4.78, 5) is 49.2. The standard InChI is InChI=1S/C22H27N3O6/c1-5-30-16-9-6-15(7-10-16)8-11-18(27)31-13-17(26)19-20(23)25(12-14(2)3)22(29)24(4)21(19)28/h6-11,14H,5,12-13,23H2,1-4H3/b11-8+. The van der Waals surface area contributed by atoms with E-state index in [1.54, 1.807) is 24.3 Å². The molecule has 0 unspecified atom stereocenters. The van der Waals surface area contributed by atoms with Crippen LogP contribution in [-0.4, -0.2) is 34.1 Å². The fourth-order valence-electron chi connectivity index (χ4n) is 2.85. The molecule has 0 aliphatic carbocycles. The van der Waals surface area contributed by atoms with Crippen LogP contribution in [0.3, 0.4) is 0 Å². The Morgan fingerprint density at radius 1 is 1.16 bits per heavy atom. The summed E-state index contributed by atoms with van der Waals surface area (Å²) >= 11 is 0. The van der Waals surface area contributed by atoms with Crippen molar-refractivity contribution in [2.75, 3.05) is 18.9 Å². The van der Waals surface area contributed by atoms with Crippen LogP contribution in [0.15, 0.2) is 39.9 Å². The van der Waals surface area contributed by atoms with E-state index < -0.39 is 29.6 Å². The highest BCUT2D eigenvalue weighted by atomic mass is 16.5. The molecule has 0 atom stereocenters. The fraction of sp³-hybridized carbons (Fsp3) is 0.364. The van der Waals surface area contributed by atoms with Gasteiger partial charge in [0.25, 0.3) is 5.56 Å². The Kier molecular flexibility index (Phi) is 7.95. The molecule has 0 aliphatic rings. The number of carbonyl (C=O) groups is 2. The summed E-state index contributed by atoms with van der Waals surface area (Å²) < 4.78 is 12.3. The van der Waals surface area contributed by atoms with E-state index in [0.717, 1.165) is 10.1 Å². The summed E-state index contributed by atoms with van der Waals surface area (Å²) in [5.74, 6) is -0.990. The first-order valence-electron chi connectivity index (χ1n) is 9.85. The van der Waals surface area contributed by atoms with Crippen LogP contribution in [0.5, 0.6) is 5.75 Å². The van der Waals surface area contributed by atoms with Gasteiger partial charge in [-0.05, 0) is 36.6 Å². The third-order valence-electron chi connectivity index (χ3n) is 4.36. The summed E-state index contributed by atoms with van der Waals surface area (Å²) in [6.45, 7) is 5.75. The van der Waals surface area contributed by atoms with Gasteiger partial charge in [-0.2, -0.15) is 0 Å². The maximum atomic E-state index is 12.5. The van der Waals surface area contributed by atoms with Crippen molar-refractivity contribution in [2.45, 2.75) is 27.3 Å². The number of nitrogens with two attached hydrogens (primary N) is 1. The molecule has 1 heterocycles. The number of rotatable bonds is 9. The van der Waals surface area contributed by atoms with Gasteiger partial charge in [0.15, 0.2) is 6.61 Å². The molecule has 166 valence electrons. The largest absolute Gasteiger partial charge is 0.494 e. The maximum Gasteiger partial charge on any atom is 0.332 e. The molecule has 2 rings (SSSR count). The van der Waals surface area contributed by atoms with Gasteiger partial charge in [0.05, 0.1) is 6.61 Å². The van der Waals surface area contributed by atoms with Crippen molar-refractivity contribution in [3.63, 3.8) is 0 Å². The van der Waals surface area contributed by atoms with Gasteiger partial charge in [-0.25, -0.2) is 9.59 Å². The molecule has 0 radical (unpaired) electrons. The number of Topliss-reactive ketones (excluding diaryl/α,β-unsaturated/α-hetero) is 1. The minimum Gasteiger partial charge on any atom is -0.494 e. The second-order valence-electron chi connectivity index (χ2n) is 7.28. The molecule has 9 nitrogen and oxygen atoms in total. The van der Waals surface area contributed by atoms with Crippen molar-refractivity contribution >= 4 is 23.6 Å². The van der Waals surface area contributed by atoms with E-state index in [4.69, 9.17) is 15.2 Å². The predicted octanol–water partition coefficient (Wildman–Crippen LogP) is 1.62. The highest BCUT2D eigenvalue weighted by Gasteiger charge is 2.22. The second kappa shape index (κ2) is 10.4. The third-order valence-corrected chi connectivity index (χ3v) is 4.36. The Morgan fingerprint density at radius 3 is 2.39 bits per heavy atom. The number of benzene rings is 1. The van der Waals surface area contributed by atoms with Gasteiger partial charge in [-0.3, -0.25) is 18.7 Å². The lowest BCUT2D eigenvalue weighted by molar-refractivity contribution is -0.136. The summed E-state index contributed by atoms with van der Waals surface area (Å²) in [5.41, 5.74) is 4.88. The van der Waals surface area contributed by atoms with Crippen molar-refractivity contribution in [1.82, 2.24) is 9.13 Å². The van der Waals surface area contributed by atoms with Gasteiger partial charge in [-0.15, -0.1) is 0 Å². The van der Waals surface area contributed by atoms with E-state index in [1.165, 1.54) is 23.8 Å². The summed E-state index contributed by atoms with van der Waals surface area (Å²) in [7, 11) is 1.27. The molecule has 2 N–H and O–H groups in total. The topological polar surface area (TPSA) is 123 Å². The Bertz CT molecular complexity index is 1090. The minimum atomic E-state index is -0.825. The predicted molar refractivity (Wildman–Crippen MR) is 117 cm³/mol. The van der Waals surface area contributed by atoms with E-state index >= 15 is 0 Å². The van der Waals surface area contributed by atoms with Crippen molar-refractivity contribution in [3.8, 4) is 5.75 Å². The number of esters is 1. The molecule has 0 spiro atoms. The number of ether oxygens (including phenoxy) is 2. The average Bonchev–Trinajstić information content (AvgIpc) is 2.73. The Hall–Kier alpha value is -3.62. The first-order chi connectivity index (χ1) is 14.6. The normalized spacial score (nSPS) is 11.1. The smallest absolute Gasteiger partial charge is 0.332 e. The van der Waals surface area contributed by atoms with Crippen LogP contribution in [0, 0.1) is 5.92 Å². The summed E-state index contributed by atoms with van der Waals surface area (Å²) in [6.07, 6.45) is 2.70. The van der Waals surface area contributed by atoms with Crippen molar-refractivity contribution in [2.24, 2.45) is 13.0 Å².